The largest absolute Gasteiger partial charge is 0.384 e. The normalized spacial score (nSPS) is 27.8. The molecule has 1 aromatic rings. The molecule has 4 heteroatoms. The van der Waals surface area contributed by atoms with E-state index in [9.17, 15) is 5.11 Å². The van der Waals surface area contributed by atoms with Gasteiger partial charge in [0.15, 0.2) is 0 Å². The molecule has 0 spiro atoms. The molecule has 1 aliphatic rings. The lowest BCUT2D eigenvalue weighted by Gasteiger charge is -2.21. The first-order valence-electron chi connectivity index (χ1n) is 4.34. The molecule has 0 aromatic carbocycles. The molecule has 1 saturated heterocycles. The molecule has 1 aliphatic heterocycles. The summed E-state index contributed by atoms with van der Waals surface area (Å²) in [4.78, 5) is 2.93. The van der Waals surface area contributed by atoms with E-state index < -0.39 is 5.60 Å². The van der Waals surface area contributed by atoms with E-state index in [0.717, 1.165) is 18.5 Å². The molecule has 2 rings (SSSR count). The average molecular weight is 196 g/mol. The van der Waals surface area contributed by atoms with Crippen LogP contribution in [0, 0.1) is 4.64 Å². The van der Waals surface area contributed by atoms with Crippen LogP contribution >= 0.6 is 12.2 Å². The molecule has 0 radical (unpaired) electrons. The van der Waals surface area contributed by atoms with E-state index in [4.69, 9.17) is 12.2 Å². The summed E-state index contributed by atoms with van der Waals surface area (Å²) in [6.45, 7) is 1.44. The van der Waals surface area contributed by atoms with Crippen LogP contribution < -0.4 is 5.32 Å². The topological polar surface area (TPSA) is 48.0 Å². The van der Waals surface area contributed by atoms with Crippen LogP contribution in [0.2, 0.25) is 0 Å². The number of hydrogen-bond acceptors (Lipinski definition) is 3. The van der Waals surface area contributed by atoms with Crippen LogP contribution in [0.25, 0.3) is 0 Å². The molecule has 1 atom stereocenters. The zero-order valence-corrected chi connectivity index (χ0v) is 8.03. The number of aromatic amines is 1. The Morgan fingerprint density at radius 1 is 1.54 bits per heavy atom. The number of aliphatic hydroxyl groups is 1. The van der Waals surface area contributed by atoms with E-state index in [0.29, 0.717) is 11.2 Å². The number of rotatable bonds is 1. The maximum atomic E-state index is 10.2. The van der Waals surface area contributed by atoms with E-state index in [1.807, 2.05) is 12.1 Å². The van der Waals surface area contributed by atoms with E-state index in [2.05, 4.69) is 10.3 Å². The molecule has 1 aromatic heterocycles. The van der Waals surface area contributed by atoms with Gasteiger partial charge in [0.1, 0.15) is 10.2 Å². The van der Waals surface area contributed by atoms with Crippen LogP contribution in [0.4, 0.5) is 0 Å². The number of H-pyrrole nitrogens is 1. The SMILES string of the molecule is OC1(c2ccc[nH]c2=S)CCNC1. The third-order valence-corrected chi connectivity index (χ3v) is 2.79. The Labute approximate surface area is 81.8 Å². The van der Waals surface area contributed by atoms with Crippen LogP contribution in [0.15, 0.2) is 18.3 Å². The Morgan fingerprint density at radius 2 is 2.38 bits per heavy atom. The lowest BCUT2D eigenvalue weighted by atomic mass is 9.95. The molecule has 13 heavy (non-hydrogen) atoms. The van der Waals surface area contributed by atoms with Crippen molar-refractivity contribution in [1.29, 1.82) is 0 Å². The summed E-state index contributed by atoms with van der Waals surface area (Å²) >= 11 is 5.12. The Morgan fingerprint density at radius 3 is 3.00 bits per heavy atom. The Hall–Kier alpha value is -0.710. The van der Waals surface area contributed by atoms with Crippen LogP contribution in [0.1, 0.15) is 12.0 Å². The van der Waals surface area contributed by atoms with Crippen molar-refractivity contribution in [2.45, 2.75) is 12.0 Å². The van der Waals surface area contributed by atoms with Gasteiger partial charge in [-0.3, -0.25) is 0 Å². The second-order valence-electron chi connectivity index (χ2n) is 3.37. The molecule has 1 fully saturated rings. The number of aromatic nitrogens is 1. The van der Waals surface area contributed by atoms with Crippen LogP contribution in [0.3, 0.4) is 0 Å². The van der Waals surface area contributed by atoms with E-state index in [-0.39, 0.29) is 0 Å². The molecule has 2 heterocycles. The summed E-state index contributed by atoms with van der Waals surface area (Å²) < 4.78 is 0.633. The molecular weight excluding hydrogens is 184 g/mol. The highest BCUT2D eigenvalue weighted by molar-refractivity contribution is 7.71. The molecule has 1 unspecified atom stereocenters. The second-order valence-corrected chi connectivity index (χ2v) is 3.78. The predicted octanol–water partition coefficient (Wildman–Crippen LogP) is 0.925. The fourth-order valence-corrected chi connectivity index (χ4v) is 2.02. The van der Waals surface area contributed by atoms with Crippen molar-refractivity contribution in [2.75, 3.05) is 13.1 Å². The first-order chi connectivity index (χ1) is 6.22. The zero-order valence-electron chi connectivity index (χ0n) is 7.21. The van der Waals surface area contributed by atoms with E-state index in [1.165, 1.54) is 0 Å². The minimum Gasteiger partial charge on any atom is -0.384 e. The minimum absolute atomic E-state index is 0.592. The summed E-state index contributed by atoms with van der Waals surface area (Å²) in [5, 5.41) is 13.3. The summed E-state index contributed by atoms with van der Waals surface area (Å²) in [6, 6.07) is 3.74. The van der Waals surface area contributed by atoms with Crippen LogP contribution in [0.5, 0.6) is 0 Å². The summed E-state index contributed by atoms with van der Waals surface area (Å²) in [5.41, 5.74) is 0.0597. The Kier molecular flexibility index (Phi) is 2.19. The Balaban J connectivity index is 2.45. The smallest absolute Gasteiger partial charge is 0.109 e. The highest BCUT2D eigenvalue weighted by atomic mass is 32.1. The van der Waals surface area contributed by atoms with Crippen LogP contribution in [-0.4, -0.2) is 23.2 Å². The van der Waals surface area contributed by atoms with Gasteiger partial charge in [-0.1, -0.05) is 18.3 Å². The molecule has 70 valence electrons. The number of hydrogen-bond donors (Lipinski definition) is 3. The van der Waals surface area contributed by atoms with Crippen LogP contribution in [-0.2, 0) is 5.60 Å². The highest BCUT2D eigenvalue weighted by Crippen LogP contribution is 2.27. The molecular formula is C9H12N2OS. The summed E-state index contributed by atoms with van der Waals surface area (Å²) in [7, 11) is 0. The van der Waals surface area contributed by atoms with Crippen molar-refractivity contribution in [1.82, 2.24) is 10.3 Å². The summed E-state index contributed by atoms with van der Waals surface area (Å²) in [6.07, 6.45) is 2.51. The molecule has 0 bridgehead atoms. The van der Waals surface area contributed by atoms with Gasteiger partial charge in [0.25, 0.3) is 0 Å². The maximum Gasteiger partial charge on any atom is 0.109 e. The molecule has 0 amide bonds. The second kappa shape index (κ2) is 3.21. The van der Waals surface area contributed by atoms with Gasteiger partial charge in [0, 0.05) is 18.3 Å². The molecule has 3 N–H and O–H groups in total. The first kappa shape index (κ1) is 8.87. The summed E-state index contributed by atoms with van der Waals surface area (Å²) in [5.74, 6) is 0. The van der Waals surface area contributed by atoms with Gasteiger partial charge in [0.2, 0.25) is 0 Å². The molecule has 0 saturated carbocycles. The number of β-amino-alcohol motifs (C(OH)–C–C–N with tert-alkyl or cyclic N) is 1. The van der Waals surface area contributed by atoms with Crippen molar-refractivity contribution in [2.24, 2.45) is 0 Å². The van der Waals surface area contributed by atoms with Crippen molar-refractivity contribution in [3.05, 3.63) is 28.5 Å². The van der Waals surface area contributed by atoms with Gasteiger partial charge in [-0.15, -0.1) is 0 Å². The van der Waals surface area contributed by atoms with Gasteiger partial charge in [-0.25, -0.2) is 0 Å². The monoisotopic (exact) mass is 196 g/mol. The predicted molar refractivity (Wildman–Crippen MR) is 53.0 cm³/mol. The van der Waals surface area contributed by atoms with Gasteiger partial charge >= 0.3 is 0 Å². The lowest BCUT2D eigenvalue weighted by molar-refractivity contribution is 0.0579. The zero-order chi connectivity index (χ0) is 9.31. The van der Waals surface area contributed by atoms with Gasteiger partial charge in [-0.05, 0) is 19.0 Å². The van der Waals surface area contributed by atoms with Crippen molar-refractivity contribution >= 4 is 12.2 Å². The quantitative estimate of drug-likeness (QED) is 0.585. The Bertz CT molecular complexity index is 355. The first-order valence-corrected chi connectivity index (χ1v) is 4.74. The number of nitrogens with one attached hydrogen (secondary N) is 2. The third-order valence-electron chi connectivity index (χ3n) is 2.45. The van der Waals surface area contributed by atoms with E-state index in [1.54, 1.807) is 6.20 Å². The molecule has 3 nitrogen and oxygen atoms in total. The van der Waals surface area contributed by atoms with E-state index >= 15 is 0 Å². The standard InChI is InChI=1S/C9H12N2OS/c12-9(3-5-10-6-9)7-2-1-4-11-8(7)13/h1-2,4,10,12H,3,5-6H2,(H,11,13). The van der Waals surface area contributed by atoms with Gasteiger partial charge in [-0.2, -0.15) is 0 Å². The third kappa shape index (κ3) is 1.52. The highest BCUT2D eigenvalue weighted by Gasteiger charge is 2.33. The fourth-order valence-electron chi connectivity index (χ4n) is 1.70. The minimum atomic E-state index is -0.769. The fraction of sp³-hybridized carbons (Fsp3) is 0.444. The maximum absolute atomic E-state index is 10.2. The van der Waals surface area contributed by atoms with Crippen molar-refractivity contribution < 1.29 is 5.11 Å². The lowest BCUT2D eigenvalue weighted by Crippen LogP contribution is -2.28. The average Bonchev–Trinajstić information content (AvgIpc) is 2.54. The van der Waals surface area contributed by atoms with Crippen molar-refractivity contribution in [3.63, 3.8) is 0 Å². The number of pyridine rings is 1. The van der Waals surface area contributed by atoms with Gasteiger partial charge in [0.05, 0.1) is 0 Å². The van der Waals surface area contributed by atoms with Gasteiger partial charge < -0.3 is 15.4 Å². The van der Waals surface area contributed by atoms with Crippen molar-refractivity contribution in [3.8, 4) is 0 Å². The molecule has 0 aliphatic carbocycles.